The molecule has 0 saturated carbocycles. The number of amides is 1. The van der Waals surface area contributed by atoms with Gasteiger partial charge in [0.2, 0.25) is 0 Å². The van der Waals surface area contributed by atoms with Crippen LogP contribution in [0.3, 0.4) is 0 Å². The van der Waals surface area contributed by atoms with Crippen LogP contribution in [0, 0.1) is 5.82 Å². The molecule has 4 nitrogen and oxygen atoms in total. The molecule has 3 rings (SSSR count). The summed E-state index contributed by atoms with van der Waals surface area (Å²) in [5, 5.41) is 3.88. The van der Waals surface area contributed by atoms with E-state index in [1.165, 1.54) is 24.4 Å². The van der Waals surface area contributed by atoms with Crippen molar-refractivity contribution in [1.82, 2.24) is 5.43 Å². The molecule has 26 heavy (non-hydrogen) atoms. The van der Waals surface area contributed by atoms with Crippen molar-refractivity contribution in [3.63, 3.8) is 0 Å². The van der Waals surface area contributed by atoms with Gasteiger partial charge >= 0.3 is 0 Å². The number of benzene rings is 3. The summed E-state index contributed by atoms with van der Waals surface area (Å²) in [6.45, 7) is 0.498. The first-order valence-corrected chi connectivity index (χ1v) is 8.06. The van der Waals surface area contributed by atoms with Crippen LogP contribution >= 0.6 is 0 Å². The minimum atomic E-state index is -0.469. The number of carbonyl (C=O) groups excluding carboxylic acids is 1. The van der Waals surface area contributed by atoms with Gasteiger partial charge in [-0.2, -0.15) is 5.10 Å². The largest absolute Gasteiger partial charge is 0.489 e. The van der Waals surface area contributed by atoms with Crippen LogP contribution in [-0.4, -0.2) is 12.1 Å². The van der Waals surface area contributed by atoms with Crippen molar-refractivity contribution in [2.45, 2.75) is 6.61 Å². The number of hydrazone groups is 1. The average molecular weight is 348 g/mol. The van der Waals surface area contributed by atoms with E-state index in [9.17, 15) is 9.18 Å². The third-order valence-corrected chi connectivity index (χ3v) is 3.59. The van der Waals surface area contributed by atoms with Gasteiger partial charge in [0.15, 0.2) is 0 Å². The number of carbonyl (C=O) groups is 1. The van der Waals surface area contributed by atoms with Crippen LogP contribution in [0.1, 0.15) is 21.5 Å². The monoisotopic (exact) mass is 348 g/mol. The van der Waals surface area contributed by atoms with Gasteiger partial charge in [-0.25, -0.2) is 9.82 Å². The van der Waals surface area contributed by atoms with E-state index in [0.29, 0.717) is 6.61 Å². The fourth-order valence-electron chi connectivity index (χ4n) is 2.25. The molecule has 0 aliphatic carbocycles. The van der Waals surface area contributed by atoms with Crippen molar-refractivity contribution < 1.29 is 13.9 Å². The molecule has 0 aromatic heterocycles. The predicted octanol–water partition coefficient (Wildman–Crippen LogP) is 4.17. The summed E-state index contributed by atoms with van der Waals surface area (Å²) >= 11 is 0. The molecule has 0 atom stereocenters. The number of hydrogen-bond donors (Lipinski definition) is 1. The van der Waals surface area contributed by atoms with E-state index in [0.717, 1.165) is 22.9 Å². The number of nitrogens with one attached hydrogen (secondary N) is 1. The van der Waals surface area contributed by atoms with Crippen LogP contribution in [0.4, 0.5) is 4.39 Å². The van der Waals surface area contributed by atoms with Crippen LogP contribution < -0.4 is 10.2 Å². The molecule has 0 saturated heterocycles. The SMILES string of the molecule is O=C(N/N=C\c1ccc(OCc2ccccc2)cc1)c1cccc(F)c1. The molecule has 0 heterocycles. The number of hydrogen-bond acceptors (Lipinski definition) is 3. The molecule has 0 bridgehead atoms. The molecule has 3 aromatic carbocycles. The highest BCUT2D eigenvalue weighted by molar-refractivity contribution is 5.94. The molecular formula is C21H17FN2O2. The molecule has 0 aliphatic heterocycles. The third kappa shape index (κ3) is 5.01. The van der Waals surface area contributed by atoms with Crippen molar-refractivity contribution in [2.24, 2.45) is 5.10 Å². The van der Waals surface area contributed by atoms with Gasteiger partial charge in [0.05, 0.1) is 6.21 Å². The Balaban J connectivity index is 1.52. The number of halogens is 1. The Morgan fingerprint density at radius 2 is 1.77 bits per heavy atom. The van der Waals surface area contributed by atoms with Gasteiger partial charge in [-0.1, -0.05) is 36.4 Å². The minimum absolute atomic E-state index is 0.215. The molecule has 5 heteroatoms. The standard InChI is InChI=1S/C21H17FN2O2/c22-19-8-4-7-18(13-19)21(25)24-23-14-16-9-11-20(12-10-16)26-15-17-5-2-1-3-6-17/h1-14H,15H2,(H,24,25)/b23-14-. The smallest absolute Gasteiger partial charge is 0.271 e. The Kier molecular flexibility index (Phi) is 5.72. The zero-order valence-electron chi connectivity index (χ0n) is 13.9. The third-order valence-electron chi connectivity index (χ3n) is 3.59. The Morgan fingerprint density at radius 3 is 2.50 bits per heavy atom. The van der Waals surface area contributed by atoms with Gasteiger partial charge < -0.3 is 4.74 Å². The van der Waals surface area contributed by atoms with Gasteiger partial charge in [-0.05, 0) is 53.6 Å². The zero-order chi connectivity index (χ0) is 18.2. The van der Waals surface area contributed by atoms with Crippen molar-refractivity contribution in [3.8, 4) is 5.75 Å². The van der Waals surface area contributed by atoms with Gasteiger partial charge in [-0.3, -0.25) is 4.79 Å². The molecule has 0 radical (unpaired) electrons. The van der Waals surface area contributed by atoms with Gasteiger partial charge in [0.25, 0.3) is 5.91 Å². The molecule has 3 aromatic rings. The average Bonchev–Trinajstić information content (AvgIpc) is 2.68. The van der Waals surface area contributed by atoms with Gasteiger partial charge in [0.1, 0.15) is 18.2 Å². The lowest BCUT2D eigenvalue weighted by atomic mass is 10.2. The second-order valence-corrected chi connectivity index (χ2v) is 5.55. The summed E-state index contributed by atoms with van der Waals surface area (Å²) in [4.78, 5) is 11.8. The summed E-state index contributed by atoms with van der Waals surface area (Å²) < 4.78 is 18.8. The Bertz CT molecular complexity index is 893. The maximum absolute atomic E-state index is 13.1. The van der Waals surface area contributed by atoms with Crippen LogP contribution in [-0.2, 0) is 6.61 Å². The quantitative estimate of drug-likeness (QED) is 0.537. The molecular weight excluding hydrogens is 331 g/mol. The lowest BCUT2D eigenvalue weighted by Crippen LogP contribution is -2.17. The van der Waals surface area contributed by atoms with Crippen LogP contribution in [0.5, 0.6) is 5.75 Å². The highest BCUT2D eigenvalue weighted by atomic mass is 19.1. The van der Waals surface area contributed by atoms with E-state index in [1.54, 1.807) is 0 Å². The summed E-state index contributed by atoms with van der Waals surface area (Å²) in [6, 6.07) is 22.7. The Hall–Kier alpha value is -3.47. The topological polar surface area (TPSA) is 50.7 Å². The summed E-state index contributed by atoms with van der Waals surface area (Å²) in [5.41, 5.74) is 4.48. The molecule has 0 spiro atoms. The van der Waals surface area contributed by atoms with E-state index in [1.807, 2.05) is 54.6 Å². The molecule has 0 unspecified atom stereocenters. The van der Waals surface area contributed by atoms with E-state index in [4.69, 9.17) is 4.74 Å². The fourth-order valence-corrected chi connectivity index (χ4v) is 2.25. The molecule has 130 valence electrons. The highest BCUT2D eigenvalue weighted by Gasteiger charge is 2.04. The van der Waals surface area contributed by atoms with Crippen molar-refractivity contribution in [3.05, 3.63) is 101 Å². The van der Waals surface area contributed by atoms with Gasteiger partial charge in [0, 0.05) is 5.56 Å². The second kappa shape index (κ2) is 8.58. The van der Waals surface area contributed by atoms with Crippen molar-refractivity contribution >= 4 is 12.1 Å². The fraction of sp³-hybridized carbons (Fsp3) is 0.0476. The first-order valence-electron chi connectivity index (χ1n) is 8.06. The first-order chi connectivity index (χ1) is 12.7. The minimum Gasteiger partial charge on any atom is -0.489 e. The zero-order valence-corrected chi connectivity index (χ0v) is 13.9. The van der Waals surface area contributed by atoms with Crippen molar-refractivity contribution in [1.29, 1.82) is 0 Å². The highest BCUT2D eigenvalue weighted by Crippen LogP contribution is 2.13. The number of rotatable bonds is 6. The molecule has 0 aliphatic rings. The Morgan fingerprint density at radius 1 is 1.00 bits per heavy atom. The summed E-state index contributed by atoms with van der Waals surface area (Å²) in [7, 11) is 0. The summed E-state index contributed by atoms with van der Waals surface area (Å²) in [6.07, 6.45) is 1.51. The maximum atomic E-state index is 13.1. The van der Waals surface area contributed by atoms with E-state index < -0.39 is 11.7 Å². The molecule has 1 amide bonds. The number of nitrogens with zero attached hydrogens (tertiary/aromatic N) is 1. The lowest BCUT2D eigenvalue weighted by Gasteiger charge is -2.06. The number of ether oxygens (including phenoxy) is 1. The molecule has 0 fully saturated rings. The van der Waals surface area contributed by atoms with Gasteiger partial charge in [-0.15, -0.1) is 0 Å². The molecule has 1 N–H and O–H groups in total. The van der Waals surface area contributed by atoms with Crippen molar-refractivity contribution in [2.75, 3.05) is 0 Å². The normalized spacial score (nSPS) is 10.7. The van der Waals surface area contributed by atoms with E-state index >= 15 is 0 Å². The van der Waals surface area contributed by atoms with E-state index in [2.05, 4.69) is 10.5 Å². The maximum Gasteiger partial charge on any atom is 0.271 e. The van der Waals surface area contributed by atoms with Crippen LogP contribution in [0.2, 0.25) is 0 Å². The second-order valence-electron chi connectivity index (χ2n) is 5.55. The first kappa shape index (κ1) is 17.4. The summed E-state index contributed by atoms with van der Waals surface area (Å²) in [5.74, 6) is -0.189. The van der Waals surface area contributed by atoms with E-state index in [-0.39, 0.29) is 5.56 Å². The lowest BCUT2D eigenvalue weighted by molar-refractivity contribution is 0.0954. The van der Waals surface area contributed by atoms with Crippen LogP contribution in [0.25, 0.3) is 0 Å². The predicted molar refractivity (Wildman–Crippen MR) is 98.7 cm³/mol. The van der Waals surface area contributed by atoms with Crippen LogP contribution in [0.15, 0.2) is 84.0 Å². The Labute approximate surface area is 150 Å².